The van der Waals surface area contributed by atoms with Crippen LogP contribution in [0.5, 0.6) is 5.75 Å². The summed E-state index contributed by atoms with van der Waals surface area (Å²) >= 11 is 0. The molecule has 0 spiro atoms. The molecule has 2 aromatic carbocycles. The summed E-state index contributed by atoms with van der Waals surface area (Å²) in [5.74, 6) is 1.66. The number of benzene rings is 2. The molecule has 0 aliphatic carbocycles. The zero-order chi connectivity index (χ0) is 17.6. The van der Waals surface area contributed by atoms with Crippen molar-refractivity contribution in [1.82, 2.24) is 20.2 Å². The van der Waals surface area contributed by atoms with Gasteiger partial charge in [-0.1, -0.05) is 30.3 Å². The first-order valence-electron chi connectivity index (χ1n) is 8.23. The molecule has 0 unspecified atom stereocenters. The molecule has 0 saturated heterocycles. The van der Waals surface area contributed by atoms with Crippen LogP contribution in [0, 0.1) is 0 Å². The average molecular weight is 338 g/mol. The molecule has 2 amide bonds. The zero-order valence-electron chi connectivity index (χ0n) is 14.5. The van der Waals surface area contributed by atoms with E-state index in [1.807, 2.05) is 60.1 Å². The van der Waals surface area contributed by atoms with Crippen LogP contribution in [0.1, 0.15) is 11.4 Å². The number of amides is 2. The second-order valence-corrected chi connectivity index (χ2v) is 5.75. The molecule has 0 aliphatic rings. The topological polar surface area (TPSA) is 68.2 Å². The Balaban J connectivity index is 1.50. The SMILES string of the molecule is COc1ccccc1CCNC(=O)NCc1nc2ccccc2n1C. The predicted octanol–water partition coefficient (Wildman–Crippen LogP) is 2.62. The first-order chi connectivity index (χ1) is 12.2. The summed E-state index contributed by atoms with van der Waals surface area (Å²) in [5.41, 5.74) is 3.05. The van der Waals surface area contributed by atoms with Gasteiger partial charge in [-0.15, -0.1) is 0 Å². The van der Waals surface area contributed by atoms with Crippen molar-refractivity contribution in [3.63, 3.8) is 0 Å². The number of hydrogen-bond donors (Lipinski definition) is 2. The average Bonchev–Trinajstić information content (AvgIpc) is 2.97. The van der Waals surface area contributed by atoms with E-state index in [4.69, 9.17) is 4.74 Å². The molecule has 0 aliphatic heterocycles. The van der Waals surface area contributed by atoms with Crippen molar-refractivity contribution in [3.8, 4) is 5.75 Å². The second-order valence-electron chi connectivity index (χ2n) is 5.75. The van der Waals surface area contributed by atoms with Crippen molar-refractivity contribution < 1.29 is 9.53 Å². The third-order valence-corrected chi connectivity index (χ3v) is 4.16. The van der Waals surface area contributed by atoms with Gasteiger partial charge in [0.05, 0.1) is 24.7 Å². The van der Waals surface area contributed by atoms with Gasteiger partial charge in [-0.05, 0) is 30.2 Å². The lowest BCUT2D eigenvalue weighted by Gasteiger charge is -2.10. The first kappa shape index (κ1) is 16.8. The van der Waals surface area contributed by atoms with E-state index in [-0.39, 0.29) is 6.03 Å². The summed E-state index contributed by atoms with van der Waals surface area (Å²) < 4.78 is 7.30. The highest BCUT2D eigenvalue weighted by atomic mass is 16.5. The van der Waals surface area contributed by atoms with Gasteiger partial charge in [0.2, 0.25) is 0 Å². The molecule has 25 heavy (non-hydrogen) atoms. The van der Waals surface area contributed by atoms with Gasteiger partial charge in [-0.3, -0.25) is 0 Å². The van der Waals surface area contributed by atoms with Crippen LogP contribution >= 0.6 is 0 Å². The third-order valence-electron chi connectivity index (χ3n) is 4.16. The smallest absolute Gasteiger partial charge is 0.315 e. The molecule has 0 radical (unpaired) electrons. The van der Waals surface area contributed by atoms with E-state index in [1.165, 1.54) is 0 Å². The fourth-order valence-electron chi connectivity index (χ4n) is 2.80. The highest BCUT2D eigenvalue weighted by molar-refractivity contribution is 5.76. The molecule has 1 heterocycles. The van der Waals surface area contributed by atoms with Crippen LogP contribution in [-0.4, -0.2) is 29.2 Å². The third kappa shape index (κ3) is 3.91. The van der Waals surface area contributed by atoms with Gasteiger partial charge < -0.3 is 19.9 Å². The number of carbonyl (C=O) groups is 1. The molecular weight excluding hydrogens is 316 g/mol. The number of fused-ring (bicyclic) bond motifs is 1. The molecule has 6 heteroatoms. The van der Waals surface area contributed by atoms with Crippen LogP contribution in [0.3, 0.4) is 0 Å². The van der Waals surface area contributed by atoms with E-state index >= 15 is 0 Å². The molecule has 130 valence electrons. The first-order valence-corrected chi connectivity index (χ1v) is 8.23. The van der Waals surface area contributed by atoms with Crippen molar-refractivity contribution in [2.45, 2.75) is 13.0 Å². The molecule has 3 aromatic rings. The number of nitrogens with one attached hydrogen (secondary N) is 2. The molecule has 2 N–H and O–H groups in total. The standard InChI is InChI=1S/C19H22N4O2/c1-23-16-9-5-4-8-15(16)22-18(23)13-21-19(24)20-12-11-14-7-3-6-10-17(14)25-2/h3-10H,11-13H2,1-2H3,(H2,20,21,24). The molecule has 1 aromatic heterocycles. The number of urea groups is 1. The normalized spacial score (nSPS) is 10.6. The van der Waals surface area contributed by atoms with Gasteiger partial charge in [-0.25, -0.2) is 9.78 Å². The van der Waals surface area contributed by atoms with Crippen molar-refractivity contribution >= 4 is 17.1 Å². The minimum Gasteiger partial charge on any atom is -0.496 e. The summed E-state index contributed by atoms with van der Waals surface area (Å²) in [5, 5.41) is 5.71. The summed E-state index contributed by atoms with van der Waals surface area (Å²) in [7, 11) is 3.60. The molecule has 0 fully saturated rings. The van der Waals surface area contributed by atoms with E-state index in [0.717, 1.165) is 28.2 Å². The quantitative estimate of drug-likeness (QED) is 0.726. The second kappa shape index (κ2) is 7.70. The number of aromatic nitrogens is 2. The minimum atomic E-state index is -0.207. The number of carbonyl (C=O) groups excluding carboxylic acids is 1. The van der Waals surface area contributed by atoms with Crippen molar-refractivity contribution in [2.24, 2.45) is 7.05 Å². The van der Waals surface area contributed by atoms with Crippen molar-refractivity contribution in [3.05, 3.63) is 59.9 Å². The van der Waals surface area contributed by atoms with Crippen LogP contribution in [0.25, 0.3) is 11.0 Å². The van der Waals surface area contributed by atoms with Gasteiger partial charge in [0, 0.05) is 13.6 Å². The van der Waals surface area contributed by atoms with Gasteiger partial charge in [0.1, 0.15) is 11.6 Å². The molecule has 0 saturated carbocycles. The monoisotopic (exact) mass is 338 g/mol. The van der Waals surface area contributed by atoms with E-state index in [0.29, 0.717) is 19.5 Å². The van der Waals surface area contributed by atoms with Gasteiger partial charge in [0.25, 0.3) is 0 Å². The Bertz CT molecular complexity index is 873. The number of ether oxygens (including phenoxy) is 1. The summed E-state index contributed by atoms with van der Waals surface area (Å²) in [6.45, 7) is 0.917. The number of nitrogens with zero attached hydrogens (tertiary/aromatic N) is 2. The van der Waals surface area contributed by atoms with E-state index < -0.39 is 0 Å². The Morgan fingerprint density at radius 2 is 1.88 bits per heavy atom. The lowest BCUT2D eigenvalue weighted by molar-refractivity contribution is 0.240. The highest BCUT2D eigenvalue weighted by Gasteiger charge is 2.08. The lowest BCUT2D eigenvalue weighted by Crippen LogP contribution is -2.36. The van der Waals surface area contributed by atoms with Crippen LogP contribution in [0.4, 0.5) is 4.79 Å². The van der Waals surface area contributed by atoms with Gasteiger partial charge in [-0.2, -0.15) is 0 Å². The Hall–Kier alpha value is -3.02. The Labute approximate surface area is 146 Å². The van der Waals surface area contributed by atoms with Crippen LogP contribution in [0.15, 0.2) is 48.5 Å². The number of hydrogen-bond acceptors (Lipinski definition) is 3. The van der Waals surface area contributed by atoms with Crippen molar-refractivity contribution in [1.29, 1.82) is 0 Å². The van der Waals surface area contributed by atoms with Crippen LogP contribution < -0.4 is 15.4 Å². The highest BCUT2D eigenvalue weighted by Crippen LogP contribution is 2.17. The molecule has 0 atom stereocenters. The van der Waals surface area contributed by atoms with E-state index in [1.54, 1.807) is 7.11 Å². The number of para-hydroxylation sites is 3. The lowest BCUT2D eigenvalue weighted by atomic mass is 10.1. The zero-order valence-corrected chi connectivity index (χ0v) is 14.5. The molecule has 3 rings (SSSR count). The van der Waals surface area contributed by atoms with Gasteiger partial charge in [0.15, 0.2) is 0 Å². The van der Waals surface area contributed by atoms with Crippen LogP contribution in [0.2, 0.25) is 0 Å². The van der Waals surface area contributed by atoms with Gasteiger partial charge >= 0.3 is 6.03 Å². The fourth-order valence-corrected chi connectivity index (χ4v) is 2.80. The molecular formula is C19H22N4O2. The predicted molar refractivity (Wildman–Crippen MR) is 97.7 cm³/mol. The number of imidazole rings is 1. The minimum absolute atomic E-state index is 0.207. The van der Waals surface area contributed by atoms with E-state index in [2.05, 4.69) is 15.6 Å². The van der Waals surface area contributed by atoms with Crippen molar-refractivity contribution in [2.75, 3.05) is 13.7 Å². The fraction of sp³-hybridized carbons (Fsp3) is 0.263. The maximum Gasteiger partial charge on any atom is 0.315 e. The number of aryl methyl sites for hydroxylation is 1. The Kier molecular flexibility index (Phi) is 5.18. The van der Waals surface area contributed by atoms with E-state index in [9.17, 15) is 4.79 Å². The number of methoxy groups -OCH3 is 1. The molecule has 6 nitrogen and oxygen atoms in total. The largest absolute Gasteiger partial charge is 0.496 e. The molecule has 0 bridgehead atoms. The summed E-state index contributed by atoms with van der Waals surface area (Å²) in [6.07, 6.45) is 0.712. The number of rotatable bonds is 6. The summed E-state index contributed by atoms with van der Waals surface area (Å²) in [4.78, 5) is 16.5. The maximum atomic E-state index is 12.0. The Morgan fingerprint density at radius 1 is 1.12 bits per heavy atom. The maximum absolute atomic E-state index is 12.0. The summed E-state index contributed by atoms with van der Waals surface area (Å²) in [6, 6.07) is 15.5. The van der Waals surface area contributed by atoms with Crippen LogP contribution in [-0.2, 0) is 20.0 Å². The Morgan fingerprint density at radius 3 is 2.68 bits per heavy atom.